The van der Waals surface area contributed by atoms with Gasteiger partial charge in [0.2, 0.25) is 0 Å². The van der Waals surface area contributed by atoms with E-state index in [1.807, 2.05) is 0 Å². The SMILES string of the molecule is C=c1c2c(-c3cc4ccccc4n3-c3ccccc3)cccc2c2c(-c3ccccc3)c3c(cc4c5ccccc5c5cccc3c54)c(-c3ccccc3)c12. The van der Waals surface area contributed by atoms with Crippen LogP contribution in [0.3, 0.4) is 0 Å². The monoisotopic (exact) mass is 695 g/mol. The highest BCUT2D eigenvalue weighted by Gasteiger charge is 2.26. The van der Waals surface area contributed by atoms with Crippen molar-refractivity contribution in [2.75, 3.05) is 0 Å². The summed E-state index contributed by atoms with van der Waals surface area (Å²) in [5.74, 6) is 0. The topological polar surface area (TPSA) is 4.93 Å². The predicted molar refractivity (Wildman–Crippen MR) is 237 cm³/mol. The first kappa shape index (κ1) is 30.3. The first-order valence-electron chi connectivity index (χ1n) is 19.1. The van der Waals surface area contributed by atoms with Crippen molar-refractivity contribution in [3.05, 3.63) is 193 Å². The average Bonchev–Trinajstić information content (AvgIpc) is 3.90. The van der Waals surface area contributed by atoms with E-state index in [4.69, 9.17) is 6.58 Å². The van der Waals surface area contributed by atoms with Crippen molar-refractivity contribution >= 4 is 82.1 Å². The molecule has 0 saturated carbocycles. The summed E-state index contributed by atoms with van der Waals surface area (Å²) >= 11 is 0. The molecule has 0 aliphatic carbocycles. The maximum Gasteiger partial charge on any atom is 0.0547 e. The van der Waals surface area contributed by atoms with Crippen LogP contribution in [0.15, 0.2) is 188 Å². The molecule has 12 rings (SSSR count). The molecule has 0 unspecified atom stereocenters. The molecular formula is C54H33N. The van der Waals surface area contributed by atoms with Gasteiger partial charge < -0.3 is 4.57 Å². The second-order valence-electron chi connectivity index (χ2n) is 14.8. The van der Waals surface area contributed by atoms with Gasteiger partial charge in [-0.1, -0.05) is 164 Å². The summed E-state index contributed by atoms with van der Waals surface area (Å²) in [7, 11) is 0. The molecule has 0 fully saturated rings. The Morgan fingerprint density at radius 3 is 1.65 bits per heavy atom. The van der Waals surface area contributed by atoms with E-state index in [0.717, 1.165) is 16.6 Å². The summed E-state index contributed by atoms with van der Waals surface area (Å²) in [4.78, 5) is 0. The Hall–Kier alpha value is -7.22. The van der Waals surface area contributed by atoms with Crippen LogP contribution in [0.25, 0.3) is 121 Å². The van der Waals surface area contributed by atoms with Crippen LogP contribution in [0.5, 0.6) is 0 Å². The Labute approximate surface area is 317 Å². The molecule has 0 aliphatic rings. The van der Waals surface area contributed by atoms with Crippen molar-refractivity contribution in [3.63, 3.8) is 0 Å². The van der Waals surface area contributed by atoms with Gasteiger partial charge in [-0.3, -0.25) is 0 Å². The van der Waals surface area contributed by atoms with Gasteiger partial charge in [-0.25, -0.2) is 0 Å². The zero-order chi connectivity index (χ0) is 36.2. The fourth-order valence-electron chi connectivity index (χ4n) is 9.85. The van der Waals surface area contributed by atoms with Gasteiger partial charge in [-0.05, 0) is 122 Å². The number of nitrogens with zero attached hydrogens (tertiary/aromatic N) is 1. The van der Waals surface area contributed by atoms with Crippen LogP contribution in [0.4, 0.5) is 0 Å². The van der Waals surface area contributed by atoms with Gasteiger partial charge in [-0.15, -0.1) is 0 Å². The highest BCUT2D eigenvalue weighted by molar-refractivity contribution is 6.41. The quantitative estimate of drug-likeness (QED) is 0.162. The third-order valence-corrected chi connectivity index (χ3v) is 12.0. The second kappa shape index (κ2) is 11.4. The summed E-state index contributed by atoms with van der Waals surface area (Å²) in [5, 5.41) is 17.6. The van der Waals surface area contributed by atoms with Crippen LogP contribution >= 0.6 is 0 Å². The maximum atomic E-state index is 5.05. The zero-order valence-corrected chi connectivity index (χ0v) is 30.1. The summed E-state index contributed by atoms with van der Waals surface area (Å²) in [5.41, 5.74) is 9.60. The van der Waals surface area contributed by atoms with Crippen molar-refractivity contribution in [2.24, 2.45) is 0 Å². The van der Waals surface area contributed by atoms with E-state index in [1.54, 1.807) is 0 Å². The molecule has 254 valence electrons. The minimum absolute atomic E-state index is 1.06. The number of hydrogen-bond acceptors (Lipinski definition) is 0. The van der Waals surface area contributed by atoms with E-state index in [-0.39, 0.29) is 0 Å². The zero-order valence-electron chi connectivity index (χ0n) is 30.1. The van der Waals surface area contributed by atoms with Crippen molar-refractivity contribution in [1.29, 1.82) is 0 Å². The Balaban J connectivity index is 1.35. The van der Waals surface area contributed by atoms with E-state index in [2.05, 4.69) is 193 Å². The van der Waals surface area contributed by atoms with Gasteiger partial charge in [0.1, 0.15) is 0 Å². The number of fused-ring (bicyclic) bond motifs is 9. The lowest BCUT2D eigenvalue weighted by molar-refractivity contribution is 1.14. The van der Waals surface area contributed by atoms with E-state index >= 15 is 0 Å². The Morgan fingerprint density at radius 1 is 0.345 bits per heavy atom. The summed E-state index contributed by atoms with van der Waals surface area (Å²) in [6.45, 7) is 5.05. The van der Waals surface area contributed by atoms with E-state index in [1.165, 1.54) is 103 Å². The molecule has 1 aromatic heterocycles. The van der Waals surface area contributed by atoms with Crippen LogP contribution in [0.2, 0.25) is 0 Å². The molecule has 1 heteroatoms. The lowest BCUT2D eigenvalue weighted by Gasteiger charge is -2.19. The summed E-state index contributed by atoms with van der Waals surface area (Å²) in [6.07, 6.45) is 0. The molecule has 12 aromatic rings. The molecule has 0 radical (unpaired) electrons. The van der Waals surface area contributed by atoms with Crippen molar-refractivity contribution in [2.45, 2.75) is 0 Å². The molecule has 0 atom stereocenters. The standard InChI is InChI=1S/C54H33N/c1-33-48-41(47-31-36-21-11-14-30-46(36)55(47)37-22-9-4-10-23-37)27-16-28-42(48)54-49(33)50(34-17-5-2-6-18-34)45-32-44-39-25-13-12-24-38(39)40-26-15-29-43(52(40)44)53(45)51(54)35-19-7-3-8-20-35/h2-32H,1H2. The van der Waals surface area contributed by atoms with E-state index < -0.39 is 0 Å². The molecular weight excluding hydrogens is 663 g/mol. The third-order valence-electron chi connectivity index (χ3n) is 12.0. The maximum absolute atomic E-state index is 5.05. The first-order valence-corrected chi connectivity index (χ1v) is 19.1. The molecule has 11 aromatic carbocycles. The molecule has 0 bridgehead atoms. The molecule has 0 N–H and O–H groups in total. The van der Waals surface area contributed by atoms with Crippen LogP contribution in [-0.2, 0) is 0 Å². The van der Waals surface area contributed by atoms with Crippen molar-refractivity contribution in [3.8, 4) is 39.2 Å². The van der Waals surface area contributed by atoms with E-state index in [0.29, 0.717) is 0 Å². The fourth-order valence-corrected chi connectivity index (χ4v) is 9.85. The fraction of sp³-hybridized carbons (Fsp3) is 0. The molecule has 1 nitrogen and oxygen atoms in total. The largest absolute Gasteiger partial charge is 0.309 e. The highest BCUT2D eigenvalue weighted by atomic mass is 15.0. The Kier molecular flexibility index (Phi) is 6.27. The number of aromatic nitrogens is 1. The molecule has 0 saturated heterocycles. The lowest BCUT2D eigenvalue weighted by atomic mass is 9.84. The van der Waals surface area contributed by atoms with Gasteiger partial charge >= 0.3 is 0 Å². The van der Waals surface area contributed by atoms with Crippen molar-refractivity contribution in [1.82, 2.24) is 4.57 Å². The van der Waals surface area contributed by atoms with Crippen molar-refractivity contribution < 1.29 is 0 Å². The summed E-state index contributed by atoms with van der Waals surface area (Å²) < 4.78 is 2.42. The molecule has 55 heavy (non-hydrogen) atoms. The smallest absolute Gasteiger partial charge is 0.0547 e. The minimum Gasteiger partial charge on any atom is -0.309 e. The summed E-state index contributed by atoms with van der Waals surface area (Å²) in [6, 6.07) is 69.0. The molecule has 1 heterocycles. The number of benzene rings is 9. The molecule has 0 aliphatic heterocycles. The molecule has 0 amide bonds. The van der Waals surface area contributed by atoms with Crippen LogP contribution in [0.1, 0.15) is 0 Å². The Bertz CT molecular complexity index is 3520. The van der Waals surface area contributed by atoms with Gasteiger partial charge in [0.25, 0.3) is 0 Å². The highest BCUT2D eigenvalue weighted by Crippen LogP contribution is 2.52. The normalized spacial score (nSPS) is 12.1. The number of rotatable bonds is 4. The number of para-hydroxylation sites is 2. The molecule has 0 spiro atoms. The Morgan fingerprint density at radius 2 is 0.909 bits per heavy atom. The van der Waals surface area contributed by atoms with E-state index in [9.17, 15) is 0 Å². The third kappa shape index (κ3) is 4.13. The predicted octanol–water partition coefficient (Wildman–Crippen LogP) is 14.1. The lowest BCUT2D eigenvalue weighted by Crippen LogP contribution is -2.01. The first-order chi connectivity index (χ1) is 27.3. The van der Waals surface area contributed by atoms with Crippen LogP contribution < -0.4 is 5.22 Å². The second-order valence-corrected chi connectivity index (χ2v) is 14.8. The van der Waals surface area contributed by atoms with Gasteiger partial charge in [0.15, 0.2) is 0 Å². The van der Waals surface area contributed by atoms with Gasteiger partial charge in [-0.2, -0.15) is 0 Å². The number of hydrogen-bond donors (Lipinski definition) is 0. The minimum atomic E-state index is 1.06. The van der Waals surface area contributed by atoms with Crippen LogP contribution in [0, 0.1) is 0 Å². The van der Waals surface area contributed by atoms with Gasteiger partial charge in [0, 0.05) is 16.6 Å². The van der Waals surface area contributed by atoms with Crippen LogP contribution in [-0.4, -0.2) is 4.57 Å². The van der Waals surface area contributed by atoms with Gasteiger partial charge in [0.05, 0.1) is 11.2 Å². The average molecular weight is 696 g/mol.